The molecule has 2 aliphatic carbocycles. The standard InChI is InChI=1S/C22H29NO3S/c1-16(2)22-12-13-23(27(25,26)18-9-7-17(3)8-10-18)19-6-4-5-11-21(19,15-22)14-20(22)24/h7-10,19H,1,4-6,11-15H2,2-3H3/t19-,21+,22+/m1/s1. The topological polar surface area (TPSA) is 54.5 Å². The Hall–Kier alpha value is -1.46. The number of Topliss-reactive ketones (excluding diaryl/α,β-unsaturated/α-hetero) is 1. The van der Waals surface area contributed by atoms with Crippen molar-refractivity contribution in [3.05, 3.63) is 42.0 Å². The van der Waals surface area contributed by atoms with E-state index in [1.165, 1.54) is 0 Å². The Morgan fingerprint density at radius 1 is 1.19 bits per heavy atom. The van der Waals surface area contributed by atoms with E-state index in [-0.39, 0.29) is 17.2 Å². The Balaban J connectivity index is 1.80. The number of carbonyl (C=O) groups is 1. The van der Waals surface area contributed by atoms with Gasteiger partial charge in [0.1, 0.15) is 5.78 Å². The highest BCUT2D eigenvalue weighted by atomic mass is 32.2. The predicted molar refractivity (Wildman–Crippen MR) is 106 cm³/mol. The highest BCUT2D eigenvalue weighted by Crippen LogP contribution is 2.61. The van der Waals surface area contributed by atoms with Crippen LogP contribution in [0.25, 0.3) is 0 Å². The third kappa shape index (κ3) is 2.73. The van der Waals surface area contributed by atoms with Crippen molar-refractivity contribution >= 4 is 15.8 Å². The number of sulfonamides is 1. The van der Waals surface area contributed by atoms with Crippen molar-refractivity contribution in [2.24, 2.45) is 10.8 Å². The zero-order valence-electron chi connectivity index (χ0n) is 16.3. The molecule has 1 aromatic rings. The van der Waals surface area contributed by atoms with Gasteiger partial charge in [-0.1, -0.05) is 42.7 Å². The van der Waals surface area contributed by atoms with E-state index in [1.54, 1.807) is 16.4 Å². The number of fused-ring (bicyclic) bond motifs is 1. The van der Waals surface area contributed by atoms with Crippen molar-refractivity contribution in [3.8, 4) is 0 Å². The average Bonchev–Trinajstić information content (AvgIpc) is 2.80. The Bertz CT molecular complexity index is 889. The molecule has 3 aliphatic rings. The van der Waals surface area contributed by atoms with Crippen LogP contribution in [0.3, 0.4) is 0 Å². The minimum atomic E-state index is -3.58. The van der Waals surface area contributed by atoms with Crippen LogP contribution in [0.2, 0.25) is 0 Å². The molecule has 146 valence electrons. The number of benzene rings is 1. The number of hydrogen-bond acceptors (Lipinski definition) is 3. The number of carbonyl (C=O) groups excluding carboxylic acids is 1. The maximum Gasteiger partial charge on any atom is 0.243 e. The first-order valence-electron chi connectivity index (χ1n) is 9.99. The van der Waals surface area contributed by atoms with E-state index in [4.69, 9.17) is 0 Å². The molecule has 2 saturated carbocycles. The van der Waals surface area contributed by atoms with Gasteiger partial charge in [0.25, 0.3) is 0 Å². The summed E-state index contributed by atoms with van der Waals surface area (Å²) in [5.74, 6) is 0.286. The SMILES string of the molecule is C=C(C)[C@@]12CCN(S(=O)(=O)c3ccc(C)cc3)[C@@H]3CCCC[C@]3(CC1=O)C2. The molecule has 1 aliphatic heterocycles. The smallest absolute Gasteiger partial charge is 0.243 e. The highest BCUT2D eigenvalue weighted by molar-refractivity contribution is 7.89. The Morgan fingerprint density at radius 3 is 2.56 bits per heavy atom. The fourth-order valence-electron chi connectivity index (χ4n) is 5.82. The molecule has 1 aromatic carbocycles. The molecule has 0 radical (unpaired) electrons. The van der Waals surface area contributed by atoms with Gasteiger partial charge in [-0.2, -0.15) is 4.31 Å². The number of ketones is 1. The van der Waals surface area contributed by atoms with E-state index in [9.17, 15) is 13.2 Å². The summed E-state index contributed by atoms with van der Waals surface area (Å²) < 4.78 is 28.9. The van der Waals surface area contributed by atoms with E-state index >= 15 is 0 Å². The lowest BCUT2D eigenvalue weighted by molar-refractivity contribution is -0.125. The lowest BCUT2D eigenvalue weighted by Gasteiger charge is -2.45. The van der Waals surface area contributed by atoms with Crippen molar-refractivity contribution in [2.45, 2.75) is 69.7 Å². The van der Waals surface area contributed by atoms with Crippen LogP contribution >= 0.6 is 0 Å². The summed E-state index contributed by atoms with van der Waals surface area (Å²) in [6.45, 7) is 8.45. The van der Waals surface area contributed by atoms with Crippen molar-refractivity contribution in [1.29, 1.82) is 0 Å². The van der Waals surface area contributed by atoms with Gasteiger partial charge in [0.2, 0.25) is 10.0 Å². The van der Waals surface area contributed by atoms with Crippen molar-refractivity contribution in [3.63, 3.8) is 0 Å². The largest absolute Gasteiger partial charge is 0.299 e. The lowest BCUT2D eigenvalue weighted by atomic mass is 9.67. The molecule has 4 rings (SSSR count). The van der Waals surface area contributed by atoms with Crippen LogP contribution in [0.15, 0.2) is 41.3 Å². The quantitative estimate of drug-likeness (QED) is 0.729. The molecule has 1 spiro atoms. The molecule has 0 N–H and O–H groups in total. The van der Waals surface area contributed by atoms with E-state index < -0.39 is 15.4 Å². The summed E-state index contributed by atoms with van der Waals surface area (Å²) in [5.41, 5.74) is 1.20. The second-order valence-corrected chi connectivity index (χ2v) is 10.8. The minimum absolute atomic E-state index is 0.0785. The van der Waals surface area contributed by atoms with Crippen LogP contribution in [0.1, 0.15) is 57.4 Å². The van der Waals surface area contributed by atoms with Gasteiger partial charge in [0.05, 0.1) is 10.3 Å². The maximum atomic E-state index is 13.6. The molecule has 4 nitrogen and oxygen atoms in total. The summed E-state index contributed by atoms with van der Waals surface area (Å²) >= 11 is 0. The molecule has 3 fully saturated rings. The Labute approximate surface area is 162 Å². The number of rotatable bonds is 3. The second-order valence-electron chi connectivity index (χ2n) is 8.94. The van der Waals surface area contributed by atoms with Crippen molar-refractivity contribution < 1.29 is 13.2 Å². The van der Waals surface area contributed by atoms with Crippen molar-refractivity contribution in [2.75, 3.05) is 6.54 Å². The third-order valence-corrected chi connectivity index (χ3v) is 9.28. The molecule has 1 heterocycles. The zero-order valence-corrected chi connectivity index (χ0v) is 17.1. The number of allylic oxidation sites excluding steroid dienone is 1. The van der Waals surface area contributed by atoms with Crippen molar-refractivity contribution in [1.82, 2.24) is 4.31 Å². The molecule has 5 heteroatoms. The first-order valence-corrected chi connectivity index (χ1v) is 11.4. The summed E-state index contributed by atoms with van der Waals surface area (Å²) in [4.78, 5) is 13.4. The van der Waals surface area contributed by atoms with Crippen LogP contribution in [-0.4, -0.2) is 31.1 Å². The van der Waals surface area contributed by atoms with Gasteiger partial charge >= 0.3 is 0 Å². The zero-order chi connectivity index (χ0) is 19.4. The predicted octanol–water partition coefficient (Wildman–Crippen LogP) is 4.24. The van der Waals surface area contributed by atoms with Crippen LogP contribution in [-0.2, 0) is 14.8 Å². The Kier molecular flexibility index (Phi) is 4.39. The summed E-state index contributed by atoms with van der Waals surface area (Å²) in [6, 6.07) is 7.05. The number of aryl methyl sites for hydroxylation is 1. The third-order valence-electron chi connectivity index (χ3n) is 7.36. The van der Waals surface area contributed by atoms with Gasteiger partial charge in [0, 0.05) is 19.0 Å². The molecule has 27 heavy (non-hydrogen) atoms. The summed E-state index contributed by atoms with van der Waals surface area (Å²) in [6.07, 6.45) is 5.74. The minimum Gasteiger partial charge on any atom is -0.299 e. The van der Waals surface area contributed by atoms with E-state index in [0.717, 1.165) is 43.2 Å². The lowest BCUT2D eigenvalue weighted by Crippen LogP contribution is -2.51. The summed E-state index contributed by atoms with van der Waals surface area (Å²) in [7, 11) is -3.58. The maximum absolute atomic E-state index is 13.6. The summed E-state index contributed by atoms with van der Waals surface area (Å²) in [5, 5.41) is 0. The second kappa shape index (κ2) is 6.28. The molecule has 0 amide bonds. The molecule has 2 bridgehead atoms. The molecule has 1 saturated heterocycles. The number of nitrogens with zero attached hydrogens (tertiary/aromatic N) is 1. The fraction of sp³-hybridized carbons (Fsp3) is 0.591. The number of hydrogen-bond donors (Lipinski definition) is 0. The van der Waals surface area contributed by atoms with Gasteiger partial charge in [-0.3, -0.25) is 4.79 Å². The molecular weight excluding hydrogens is 358 g/mol. The first kappa shape index (κ1) is 18.9. The average molecular weight is 388 g/mol. The Morgan fingerprint density at radius 2 is 1.89 bits per heavy atom. The molecule has 0 aromatic heterocycles. The normalized spacial score (nSPS) is 34.1. The first-order chi connectivity index (χ1) is 12.7. The fourth-order valence-corrected chi connectivity index (χ4v) is 7.57. The van der Waals surface area contributed by atoms with Crippen LogP contribution in [0.5, 0.6) is 0 Å². The van der Waals surface area contributed by atoms with Gasteiger partial charge < -0.3 is 0 Å². The van der Waals surface area contributed by atoms with Gasteiger partial charge in [-0.25, -0.2) is 8.42 Å². The van der Waals surface area contributed by atoms with E-state index in [0.29, 0.717) is 24.3 Å². The van der Waals surface area contributed by atoms with Crippen LogP contribution < -0.4 is 0 Å². The van der Waals surface area contributed by atoms with Gasteiger partial charge in [-0.15, -0.1) is 0 Å². The van der Waals surface area contributed by atoms with Gasteiger partial charge in [0.15, 0.2) is 0 Å². The van der Waals surface area contributed by atoms with Crippen LogP contribution in [0, 0.1) is 17.8 Å². The van der Waals surface area contributed by atoms with E-state index in [2.05, 4.69) is 6.58 Å². The molecular formula is C22H29NO3S. The molecule has 3 atom stereocenters. The van der Waals surface area contributed by atoms with Crippen LogP contribution in [0.4, 0.5) is 0 Å². The monoisotopic (exact) mass is 387 g/mol. The van der Waals surface area contributed by atoms with Gasteiger partial charge in [-0.05, 0) is 57.1 Å². The molecule has 0 unspecified atom stereocenters. The van der Waals surface area contributed by atoms with E-state index in [1.807, 2.05) is 26.0 Å². The highest BCUT2D eigenvalue weighted by Gasteiger charge is 2.62.